The van der Waals surface area contributed by atoms with Crippen LogP contribution >= 0.6 is 0 Å². The molecular formula is C9H14N2. The van der Waals surface area contributed by atoms with Crippen molar-refractivity contribution in [3.05, 3.63) is 35.8 Å². The van der Waals surface area contributed by atoms with Crippen LogP contribution in [0.3, 0.4) is 0 Å². The van der Waals surface area contributed by atoms with Crippen molar-refractivity contribution in [3.63, 3.8) is 0 Å². The second-order valence-corrected chi connectivity index (χ2v) is 2.55. The van der Waals surface area contributed by atoms with Gasteiger partial charge in [0.2, 0.25) is 0 Å². The fourth-order valence-corrected chi connectivity index (χ4v) is 1.02. The van der Waals surface area contributed by atoms with Crippen molar-refractivity contribution < 1.29 is 0 Å². The second kappa shape index (κ2) is 3.28. The number of nitrogens with two attached hydrogens (primary N) is 1. The topological polar surface area (TPSA) is 29.3 Å². The van der Waals surface area contributed by atoms with Gasteiger partial charge in [0.05, 0.1) is 0 Å². The Morgan fingerprint density at radius 2 is 2.18 bits per heavy atom. The molecule has 0 radical (unpaired) electrons. The van der Waals surface area contributed by atoms with Gasteiger partial charge in [-0.05, 0) is 25.5 Å². The van der Waals surface area contributed by atoms with Gasteiger partial charge in [-0.3, -0.25) is 0 Å². The van der Waals surface area contributed by atoms with E-state index in [4.69, 9.17) is 5.73 Å². The zero-order chi connectivity index (χ0) is 8.27. The smallest absolute Gasteiger partial charge is 0.106 e. The van der Waals surface area contributed by atoms with E-state index in [2.05, 4.69) is 6.92 Å². The van der Waals surface area contributed by atoms with Crippen LogP contribution < -0.4 is 5.73 Å². The first-order valence-corrected chi connectivity index (χ1v) is 3.83. The van der Waals surface area contributed by atoms with E-state index in [1.54, 1.807) is 0 Å². The summed E-state index contributed by atoms with van der Waals surface area (Å²) >= 11 is 0. The Bertz CT molecular complexity index is 224. The normalized spacial score (nSPS) is 17.5. The average Bonchev–Trinajstić information content (AvgIpc) is 2.16. The van der Waals surface area contributed by atoms with Crippen LogP contribution in [-0.2, 0) is 0 Å². The summed E-state index contributed by atoms with van der Waals surface area (Å²) in [7, 11) is 0. The zero-order valence-corrected chi connectivity index (χ0v) is 7.04. The first kappa shape index (κ1) is 7.92. The van der Waals surface area contributed by atoms with Crippen LogP contribution in [0.4, 0.5) is 0 Å². The average molecular weight is 150 g/mol. The fraction of sp³-hybridized carbons (Fsp3) is 0.333. The highest BCUT2D eigenvalue weighted by atomic mass is 15.2. The number of hydrogen-bond acceptors (Lipinski definition) is 2. The molecule has 1 rings (SSSR count). The van der Waals surface area contributed by atoms with E-state index in [0.717, 1.165) is 17.9 Å². The number of allylic oxidation sites excluding steroid dienone is 4. The molecular weight excluding hydrogens is 136 g/mol. The summed E-state index contributed by atoms with van der Waals surface area (Å²) < 4.78 is 0. The molecule has 0 aromatic rings. The van der Waals surface area contributed by atoms with Gasteiger partial charge in [-0.2, -0.15) is 0 Å². The molecule has 0 aromatic carbocycles. The second-order valence-electron chi connectivity index (χ2n) is 2.55. The number of rotatable bonds is 1. The molecule has 0 fully saturated rings. The Morgan fingerprint density at radius 1 is 1.45 bits per heavy atom. The third-order valence-electron chi connectivity index (χ3n) is 1.78. The monoisotopic (exact) mass is 150 g/mol. The van der Waals surface area contributed by atoms with E-state index in [0.29, 0.717) is 0 Å². The Labute approximate surface area is 67.7 Å². The molecule has 0 bridgehead atoms. The van der Waals surface area contributed by atoms with Crippen LogP contribution in [0.5, 0.6) is 0 Å². The Morgan fingerprint density at radius 3 is 2.82 bits per heavy atom. The summed E-state index contributed by atoms with van der Waals surface area (Å²) in [6, 6.07) is 0. The first-order valence-electron chi connectivity index (χ1n) is 3.83. The van der Waals surface area contributed by atoms with Gasteiger partial charge in [0, 0.05) is 12.7 Å². The van der Waals surface area contributed by atoms with Gasteiger partial charge in [-0.25, -0.2) is 0 Å². The molecule has 11 heavy (non-hydrogen) atoms. The lowest BCUT2D eigenvalue weighted by molar-refractivity contribution is 0.482. The minimum Gasteiger partial charge on any atom is -0.385 e. The maximum absolute atomic E-state index is 5.84. The Hall–Kier alpha value is -1.18. The molecule has 0 aromatic heterocycles. The summed E-state index contributed by atoms with van der Waals surface area (Å²) in [5, 5.41) is 0. The van der Waals surface area contributed by atoms with Gasteiger partial charge in [0.15, 0.2) is 0 Å². The van der Waals surface area contributed by atoms with Crippen LogP contribution in [0.2, 0.25) is 0 Å². The highest BCUT2D eigenvalue weighted by Crippen LogP contribution is 2.09. The summed E-state index contributed by atoms with van der Waals surface area (Å²) in [5.41, 5.74) is 6.96. The molecule has 0 spiro atoms. The van der Waals surface area contributed by atoms with Gasteiger partial charge < -0.3 is 10.6 Å². The molecule has 0 unspecified atom stereocenters. The van der Waals surface area contributed by atoms with E-state index >= 15 is 0 Å². The molecule has 60 valence electrons. The molecule has 0 saturated heterocycles. The summed E-state index contributed by atoms with van der Waals surface area (Å²) in [4.78, 5) is 2.02. The fourth-order valence-electron chi connectivity index (χ4n) is 1.02. The van der Waals surface area contributed by atoms with Crippen molar-refractivity contribution in [1.29, 1.82) is 0 Å². The van der Waals surface area contributed by atoms with Crippen LogP contribution in [0, 0.1) is 0 Å². The maximum atomic E-state index is 5.84. The first-order chi connectivity index (χ1) is 5.25. The van der Waals surface area contributed by atoms with E-state index in [1.165, 1.54) is 0 Å². The number of hydrogen-bond donors (Lipinski definition) is 1. The van der Waals surface area contributed by atoms with Crippen LogP contribution in [0.15, 0.2) is 35.8 Å². The van der Waals surface area contributed by atoms with E-state index in [-0.39, 0.29) is 0 Å². The molecule has 2 heteroatoms. The highest BCUT2D eigenvalue weighted by Gasteiger charge is 2.02. The Kier molecular flexibility index (Phi) is 2.36. The van der Waals surface area contributed by atoms with Crippen molar-refractivity contribution in [2.24, 2.45) is 5.73 Å². The van der Waals surface area contributed by atoms with Gasteiger partial charge in [-0.15, -0.1) is 0 Å². The molecule has 1 heterocycles. The molecule has 2 nitrogen and oxygen atoms in total. The van der Waals surface area contributed by atoms with Crippen LogP contribution in [0.1, 0.15) is 13.8 Å². The third kappa shape index (κ3) is 1.64. The van der Waals surface area contributed by atoms with Gasteiger partial charge in [0.1, 0.15) is 5.82 Å². The maximum Gasteiger partial charge on any atom is 0.106 e. The molecule has 0 atom stereocenters. The summed E-state index contributed by atoms with van der Waals surface area (Å²) in [5.74, 6) is 0.845. The summed E-state index contributed by atoms with van der Waals surface area (Å²) in [6.07, 6.45) is 7.99. The Balaban J connectivity index is 2.92. The predicted molar refractivity (Wildman–Crippen MR) is 47.5 cm³/mol. The molecule has 0 saturated carbocycles. The van der Waals surface area contributed by atoms with E-state index < -0.39 is 0 Å². The SMILES string of the molecule is CCN1C=CC=CC(C)=C1N. The molecule has 1 aliphatic rings. The van der Waals surface area contributed by atoms with Gasteiger partial charge in [0.25, 0.3) is 0 Å². The van der Waals surface area contributed by atoms with E-state index in [1.807, 2.05) is 36.3 Å². The van der Waals surface area contributed by atoms with Crippen molar-refractivity contribution >= 4 is 0 Å². The van der Waals surface area contributed by atoms with Gasteiger partial charge >= 0.3 is 0 Å². The van der Waals surface area contributed by atoms with Crippen LogP contribution in [-0.4, -0.2) is 11.4 Å². The third-order valence-corrected chi connectivity index (χ3v) is 1.78. The molecule has 0 amide bonds. The molecule has 2 N–H and O–H groups in total. The van der Waals surface area contributed by atoms with Crippen molar-refractivity contribution in [1.82, 2.24) is 4.90 Å². The molecule has 1 aliphatic heterocycles. The number of nitrogens with zero attached hydrogens (tertiary/aromatic N) is 1. The lowest BCUT2D eigenvalue weighted by atomic mass is 10.3. The zero-order valence-electron chi connectivity index (χ0n) is 7.04. The lowest BCUT2D eigenvalue weighted by Gasteiger charge is -2.18. The molecule has 0 aliphatic carbocycles. The van der Waals surface area contributed by atoms with E-state index in [9.17, 15) is 0 Å². The van der Waals surface area contributed by atoms with Gasteiger partial charge in [-0.1, -0.05) is 12.2 Å². The van der Waals surface area contributed by atoms with Crippen molar-refractivity contribution in [2.45, 2.75) is 13.8 Å². The minimum absolute atomic E-state index is 0.845. The van der Waals surface area contributed by atoms with Crippen molar-refractivity contribution in [3.8, 4) is 0 Å². The predicted octanol–water partition coefficient (Wildman–Crippen LogP) is 1.58. The van der Waals surface area contributed by atoms with Crippen molar-refractivity contribution in [2.75, 3.05) is 6.54 Å². The summed E-state index contributed by atoms with van der Waals surface area (Å²) in [6.45, 7) is 5.01. The largest absolute Gasteiger partial charge is 0.385 e. The highest BCUT2D eigenvalue weighted by molar-refractivity contribution is 5.28. The standard InChI is InChI=1S/C9H14N2/c1-3-11-7-5-4-6-8(2)9(11)10/h4-7H,3,10H2,1-2H3. The minimum atomic E-state index is 0.845. The van der Waals surface area contributed by atoms with Crippen LogP contribution in [0.25, 0.3) is 0 Å². The lowest BCUT2D eigenvalue weighted by Crippen LogP contribution is -2.22. The quantitative estimate of drug-likeness (QED) is 0.615.